The fraction of sp³-hybridized carbons (Fsp3) is 0.312. The summed E-state index contributed by atoms with van der Waals surface area (Å²) in [6, 6.07) is 8.03. The molecule has 1 aromatic heterocycles. The molecule has 0 bridgehead atoms. The molecule has 8 nitrogen and oxygen atoms in total. The van der Waals surface area contributed by atoms with Crippen molar-refractivity contribution < 1.29 is 19.3 Å². The summed E-state index contributed by atoms with van der Waals surface area (Å²) < 4.78 is 11.8. The highest BCUT2D eigenvalue weighted by atomic mass is 16.6. The molecule has 24 heavy (non-hydrogen) atoms. The minimum atomic E-state index is -0.514. The number of nitrogens with zero attached hydrogens (tertiary/aromatic N) is 2. The number of pyridine rings is 1. The summed E-state index contributed by atoms with van der Waals surface area (Å²) >= 11 is 0. The van der Waals surface area contributed by atoms with Gasteiger partial charge in [-0.25, -0.2) is 0 Å². The minimum absolute atomic E-state index is 0.103. The van der Waals surface area contributed by atoms with E-state index >= 15 is 0 Å². The molecule has 1 aromatic carbocycles. The van der Waals surface area contributed by atoms with Crippen LogP contribution in [0.3, 0.4) is 0 Å². The van der Waals surface area contributed by atoms with Crippen molar-refractivity contribution in [2.45, 2.75) is 13.2 Å². The molecule has 0 aliphatic carbocycles. The Kier molecular flexibility index (Phi) is 5.54. The topological polar surface area (TPSA) is 88.0 Å². The van der Waals surface area contributed by atoms with E-state index in [0.717, 1.165) is 10.5 Å². The molecule has 0 radical (unpaired) electrons. The minimum Gasteiger partial charge on any atom is -0.493 e. The van der Waals surface area contributed by atoms with Gasteiger partial charge >= 0.3 is 0 Å². The Morgan fingerprint density at radius 1 is 1.17 bits per heavy atom. The molecule has 1 atom stereocenters. The van der Waals surface area contributed by atoms with E-state index in [1.54, 1.807) is 14.2 Å². The molecule has 0 saturated carbocycles. The second kappa shape index (κ2) is 7.60. The lowest BCUT2D eigenvalue weighted by molar-refractivity contribution is -0.917. The summed E-state index contributed by atoms with van der Waals surface area (Å²) in [5, 5.41) is 10.8. The number of hydrogen-bond donors (Lipinski definition) is 1. The molecule has 128 valence electrons. The van der Waals surface area contributed by atoms with Crippen molar-refractivity contribution in [2.75, 3.05) is 21.3 Å². The second-order valence-corrected chi connectivity index (χ2v) is 5.43. The van der Waals surface area contributed by atoms with Crippen LogP contribution < -0.4 is 19.9 Å². The molecule has 0 amide bonds. The number of ether oxygens (including phenoxy) is 2. The van der Waals surface area contributed by atoms with Gasteiger partial charge in [0.15, 0.2) is 18.2 Å². The summed E-state index contributed by atoms with van der Waals surface area (Å²) in [4.78, 5) is 23.2. The van der Waals surface area contributed by atoms with Gasteiger partial charge in [0, 0.05) is 17.7 Å². The highest BCUT2D eigenvalue weighted by molar-refractivity contribution is 5.42. The number of nitro groups is 1. The molecule has 0 saturated heterocycles. The SMILES string of the molecule is COc1ccc(C[NH+](C)Cn2cc([N+](=O)[O-])ccc2=O)cc1OC. The van der Waals surface area contributed by atoms with E-state index in [9.17, 15) is 14.9 Å². The van der Waals surface area contributed by atoms with Gasteiger partial charge in [-0.1, -0.05) is 0 Å². The van der Waals surface area contributed by atoms with Crippen LogP contribution in [0.4, 0.5) is 5.69 Å². The van der Waals surface area contributed by atoms with Crippen LogP contribution >= 0.6 is 0 Å². The van der Waals surface area contributed by atoms with Crippen LogP contribution in [0.25, 0.3) is 0 Å². The lowest BCUT2D eigenvalue weighted by Gasteiger charge is -2.16. The Hall–Kier alpha value is -2.87. The number of hydrogen-bond acceptors (Lipinski definition) is 5. The van der Waals surface area contributed by atoms with Crippen LogP contribution in [0.15, 0.2) is 41.3 Å². The summed E-state index contributed by atoms with van der Waals surface area (Å²) in [5.74, 6) is 1.28. The van der Waals surface area contributed by atoms with E-state index < -0.39 is 4.92 Å². The van der Waals surface area contributed by atoms with Gasteiger partial charge in [-0.15, -0.1) is 0 Å². The number of aromatic nitrogens is 1. The van der Waals surface area contributed by atoms with Crippen LogP contribution in [0.2, 0.25) is 0 Å². The van der Waals surface area contributed by atoms with Crippen LogP contribution in [0.5, 0.6) is 11.5 Å². The van der Waals surface area contributed by atoms with Gasteiger partial charge in [0.25, 0.3) is 11.2 Å². The maximum atomic E-state index is 11.9. The predicted molar refractivity (Wildman–Crippen MR) is 87.5 cm³/mol. The lowest BCUT2D eigenvalue weighted by Crippen LogP contribution is -3.07. The zero-order valence-corrected chi connectivity index (χ0v) is 13.8. The van der Waals surface area contributed by atoms with Crippen molar-refractivity contribution in [1.82, 2.24) is 4.57 Å². The van der Waals surface area contributed by atoms with Crippen LogP contribution in [-0.4, -0.2) is 30.8 Å². The van der Waals surface area contributed by atoms with Crippen molar-refractivity contribution in [3.63, 3.8) is 0 Å². The van der Waals surface area contributed by atoms with E-state index in [2.05, 4.69) is 0 Å². The van der Waals surface area contributed by atoms with Crippen LogP contribution in [0, 0.1) is 10.1 Å². The first-order valence-electron chi connectivity index (χ1n) is 7.31. The fourth-order valence-electron chi connectivity index (χ4n) is 2.44. The van der Waals surface area contributed by atoms with Gasteiger partial charge in [-0.2, -0.15) is 0 Å². The first kappa shape index (κ1) is 17.5. The number of benzene rings is 1. The summed E-state index contributed by atoms with van der Waals surface area (Å²) in [6.07, 6.45) is 1.26. The summed E-state index contributed by atoms with van der Waals surface area (Å²) in [6.45, 7) is 0.935. The van der Waals surface area contributed by atoms with Gasteiger partial charge < -0.3 is 14.4 Å². The standard InChI is InChI=1S/C16H19N3O5/c1-17(9-12-4-6-14(23-2)15(8-12)24-3)11-18-10-13(19(21)22)5-7-16(18)20/h4-8,10H,9,11H2,1-3H3/p+1. The molecular weight excluding hydrogens is 314 g/mol. The third kappa shape index (κ3) is 4.11. The van der Waals surface area contributed by atoms with Crippen molar-refractivity contribution in [3.8, 4) is 11.5 Å². The molecule has 1 heterocycles. The maximum Gasteiger partial charge on any atom is 0.285 e. The molecule has 2 aromatic rings. The highest BCUT2D eigenvalue weighted by Gasteiger charge is 2.12. The lowest BCUT2D eigenvalue weighted by atomic mass is 10.2. The number of nitrogens with one attached hydrogen (secondary N) is 1. The molecule has 0 aliphatic heterocycles. The van der Waals surface area contributed by atoms with Crippen molar-refractivity contribution in [1.29, 1.82) is 0 Å². The van der Waals surface area contributed by atoms with Gasteiger partial charge in [0.05, 0.1) is 32.4 Å². The molecular formula is C16H20N3O5+. The zero-order chi connectivity index (χ0) is 17.7. The normalized spacial score (nSPS) is 11.8. The third-order valence-electron chi connectivity index (χ3n) is 3.57. The first-order chi connectivity index (χ1) is 11.4. The smallest absolute Gasteiger partial charge is 0.285 e. The average molecular weight is 334 g/mol. The van der Waals surface area contributed by atoms with Gasteiger partial charge in [-0.05, 0) is 18.2 Å². The zero-order valence-electron chi connectivity index (χ0n) is 13.8. The van der Waals surface area contributed by atoms with Crippen LogP contribution in [-0.2, 0) is 13.2 Å². The number of methoxy groups -OCH3 is 2. The van der Waals surface area contributed by atoms with E-state index in [0.29, 0.717) is 24.7 Å². The highest BCUT2D eigenvalue weighted by Crippen LogP contribution is 2.27. The van der Waals surface area contributed by atoms with Crippen LogP contribution in [0.1, 0.15) is 5.56 Å². The van der Waals surface area contributed by atoms with E-state index in [1.165, 1.54) is 22.9 Å². The van der Waals surface area contributed by atoms with E-state index in [-0.39, 0.29) is 11.2 Å². The monoisotopic (exact) mass is 334 g/mol. The van der Waals surface area contributed by atoms with Gasteiger partial charge in [0.1, 0.15) is 6.54 Å². The molecule has 1 N–H and O–H groups in total. The average Bonchev–Trinajstić information content (AvgIpc) is 2.56. The predicted octanol–water partition coefficient (Wildman–Crippen LogP) is 0.446. The molecule has 0 fully saturated rings. The Bertz CT molecular complexity index is 788. The molecule has 0 spiro atoms. The van der Waals surface area contributed by atoms with Crippen molar-refractivity contribution >= 4 is 5.69 Å². The largest absolute Gasteiger partial charge is 0.493 e. The Balaban J connectivity index is 2.14. The van der Waals surface area contributed by atoms with E-state index in [4.69, 9.17) is 9.47 Å². The Labute approximate surface area is 139 Å². The number of rotatable bonds is 7. The summed E-state index contributed by atoms with van der Waals surface area (Å²) in [5.41, 5.74) is 0.629. The van der Waals surface area contributed by atoms with Crippen molar-refractivity contribution in [2.24, 2.45) is 0 Å². The maximum absolute atomic E-state index is 11.9. The fourth-order valence-corrected chi connectivity index (χ4v) is 2.44. The summed E-state index contributed by atoms with van der Waals surface area (Å²) in [7, 11) is 5.05. The first-order valence-corrected chi connectivity index (χ1v) is 7.31. The molecule has 0 aliphatic rings. The van der Waals surface area contributed by atoms with Gasteiger partial charge in [-0.3, -0.25) is 19.5 Å². The van der Waals surface area contributed by atoms with Gasteiger partial charge in [0.2, 0.25) is 0 Å². The molecule has 8 heteroatoms. The third-order valence-corrected chi connectivity index (χ3v) is 3.57. The second-order valence-electron chi connectivity index (χ2n) is 5.43. The quantitative estimate of drug-likeness (QED) is 0.587. The Morgan fingerprint density at radius 2 is 1.88 bits per heavy atom. The van der Waals surface area contributed by atoms with Crippen molar-refractivity contribution in [3.05, 3.63) is 62.6 Å². The number of quaternary nitrogens is 1. The van der Waals surface area contributed by atoms with E-state index in [1.807, 2.05) is 25.2 Å². The Morgan fingerprint density at radius 3 is 2.50 bits per heavy atom. The molecule has 2 rings (SSSR count). The molecule has 1 unspecified atom stereocenters.